The minimum Gasteiger partial charge on any atom is -0.347 e. The van der Waals surface area contributed by atoms with Crippen molar-refractivity contribution in [1.29, 1.82) is 0 Å². The van der Waals surface area contributed by atoms with Gasteiger partial charge in [0.05, 0.1) is 6.04 Å². The first-order chi connectivity index (χ1) is 14.0. The molecule has 0 spiro atoms. The Morgan fingerprint density at radius 3 is 2.41 bits per heavy atom. The van der Waals surface area contributed by atoms with Gasteiger partial charge in [-0.15, -0.1) is 0 Å². The number of benzene rings is 1. The van der Waals surface area contributed by atoms with E-state index in [1.54, 1.807) is 0 Å². The van der Waals surface area contributed by atoms with Gasteiger partial charge in [0.1, 0.15) is 0 Å². The zero-order chi connectivity index (χ0) is 19.8. The molecule has 3 N–H and O–H groups in total. The van der Waals surface area contributed by atoms with Gasteiger partial charge in [0.15, 0.2) is 0 Å². The van der Waals surface area contributed by atoms with Crippen LogP contribution in [0.15, 0.2) is 30.3 Å². The number of rotatable bonds is 4. The minimum absolute atomic E-state index is 0.0166. The molecule has 0 radical (unpaired) electrons. The first-order valence-electron chi connectivity index (χ1n) is 11.4. The zero-order valence-electron chi connectivity index (χ0n) is 17.0. The molecule has 154 valence electrons. The van der Waals surface area contributed by atoms with Gasteiger partial charge in [-0.1, -0.05) is 18.2 Å². The lowest BCUT2D eigenvalue weighted by molar-refractivity contribution is -0.145. The number of carbonyl (C=O) groups excluding carboxylic acids is 2. The van der Waals surface area contributed by atoms with Crippen LogP contribution in [0.1, 0.15) is 61.7 Å². The molecular formula is C24H31N3O2. The number of carbonyl (C=O) groups is 2. The van der Waals surface area contributed by atoms with E-state index in [-0.39, 0.29) is 22.8 Å². The van der Waals surface area contributed by atoms with Gasteiger partial charge < -0.3 is 16.0 Å². The topological polar surface area (TPSA) is 75.4 Å². The largest absolute Gasteiger partial charge is 0.347 e. The SMILES string of the molecule is N[C@H](C(=O)N1CCC2CC21)C12CC3CC(CC(NC(=O)c4ccccc4)(C3)C1)C2. The molecule has 4 bridgehead atoms. The molecule has 6 fully saturated rings. The Hall–Kier alpha value is -1.88. The number of nitrogens with zero attached hydrogens (tertiary/aromatic N) is 1. The fourth-order valence-electron chi connectivity index (χ4n) is 7.85. The van der Waals surface area contributed by atoms with E-state index in [1.807, 2.05) is 30.3 Å². The molecule has 6 aliphatic rings. The van der Waals surface area contributed by atoms with E-state index in [1.165, 1.54) is 12.8 Å². The van der Waals surface area contributed by atoms with Crippen molar-refractivity contribution in [2.45, 2.75) is 69.0 Å². The summed E-state index contributed by atoms with van der Waals surface area (Å²) in [5.74, 6) is 2.10. The Morgan fingerprint density at radius 1 is 1.07 bits per heavy atom. The summed E-state index contributed by atoms with van der Waals surface area (Å²) < 4.78 is 0. The quantitative estimate of drug-likeness (QED) is 0.826. The number of hydrogen-bond donors (Lipinski definition) is 2. The number of amides is 2. The van der Waals surface area contributed by atoms with E-state index in [0.29, 0.717) is 17.9 Å². The second-order valence-electron chi connectivity index (χ2n) is 10.8. The molecule has 7 rings (SSSR count). The monoisotopic (exact) mass is 393 g/mol. The minimum atomic E-state index is -0.416. The third-order valence-electron chi connectivity index (χ3n) is 8.76. The molecule has 5 atom stereocenters. The van der Waals surface area contributed by atoms with Crippen LogP contribution in [0, 0.1) is 23.2 Å². The molecule has 2 amide bonds. The summed E-state index contributed by atoms with van der Waals surface area (Å²) in [6.07, 6.45) is 8.62. The van der Waals surface area contributed by atoms with Crippen LogP contribution in [0.25, 0.3) is 0 Å². The summed E-state index contributed by atoms with van der Waals surface area (Å²) in [5, 5.41) is 3.43. The third kappa shape index (κ3) is 2.77. The summed E-state index contributed by atoms with van der Waals surface area (Å²) in [6, 6.07) is 9.55. The van der Waals surface area contributed by atoms with Gasteiger partial charge in [-0.3, -0.25) is 9.59 Å². The van der Waals surface area contributed by atoms with Gasteiger partial charge in [0, 0.05) is 23.7 Å². The molecule has 1 heterocycles. The Kier molecular flexibility index (Phi) is 3.75. The summed E-state index contributed by atoms with van der Waals surface area (Å²) in [5.41, 5.74) is 7.16. The second kappa shape index (κ2) is 6.07. The molecular weight excluding hydrogens is 362 g/mol. The molecule has 1 aromatic rings. The molecule has 5 nitrogen and oxygen atoms in total. The number of nitrogens with one attached hydrogen (secondary N) is 1. The van der Waals surface area contributed by atoms with Gasteiger partial charge in [-0.05, 0) is 86.7 Å². The highest BCUT2D eigenvalue weighted by Crippen LogP contribution is 2.63. The van der Waals surface area contributed by atoms with E-state index in [0.717, 1.165) is 56.6 Å². The fraction of sp³-hybridized carbons (Fsp3) is 0.667. The average Bonchev–Trinajstić information content (AvgIpc) is 3.36. The number of fused-ring (bicyclic) bond motifs is 1. The van der Waals surface area contributed by atoms with Crippen LogP contribution >= 0.6 is 0 Å². The lowest BCUT2D eigenvalue weighted by atomic mass is 9.45. The normalized spacial score (nSPS) is 42.4. The Balaban J connectivity index is 1.26. The van der Waals surface area contributed by atoms with Crippen molar-refractivity contribution in [3.63, 3.8) is 0 Å². The molecule has 1 aromatic carbocycles. The Labute approximate surface area is 172 Å². The van der Waals surface area contributed by atoms with Crippen LogP contribution in [-0.4, -0.2) is 40.9 Å². The fourth-order valence-corrected chi connectivity index (χ4v) is 7.85. The molecule has 5 saturated carbocycles. The summed E-state index contributed by atoms with van der Waals surface area (Å²) in [4.78, 5) is 28.4. The number of likely N-dealkylation sites (tertiary alicyclic amines) is 1. The van der Waals surface area contributed by atoms with E-state index >= 15 is 0 Å². The molecule has 1 saturated heterocycles. The molecule has 1 aliphatic heterocycles. The number of nitrogens with two attached hydrogens (primary N) is 1. The van der Waals surface area contributed by atoms with E-state index in [4.69, 9.17) is 5.73 Å². The third-order valence-corrected chi connectivity index (χ3v) is 8.76. The van der Waals surface area contributed by atoms with Gasteiger partial charge in [0.2, 0.25) is 5.91 Å². The predicted molar refractivity (Wildman–Crippen MR) is 110 cm³/mol. The van der Waals surface area contributed by atoms with Crippen LogP contribution in [0.3, 0.4) is 0 Å². The Morgan fingerprint density at radius 2 is 1.79 bits per heavy atom. The maximum absolute atomic E-state index is 13.4. The maximum Gasteiger partial charge on any atom is 0.251 e. The molecule has 4 unspecified atom stereocenters. The van der Waals surface area contributed by atoms with Crippen LogP contribution in [-0.2, 0) is 4.79 Å². The summed E-state index contributed by atoms with van der Waals surface area (Å²) >= 11 is 0. The highest BCUT2D eigenvalue weighted by molar-refractivity contribution is 5.94. The highest BCUT2D eigenvalue weighted by Gasteiger charge is 2.62. The van der Waals surface area contributed by atoms with Crippen molar-refractivity contribution in [3.05, 3.63) is 35.9 Å². The molecule has 0 aromatic heterocycles. The highest BCUT2D eigenvalue weighted by atomic mass is 16.2. The smallest absolute Gasteiger partial charge is 0.251 e. The van der Waals surface area contributed by atoms with Crippen LogP contribution in [0.2, 0.25) is 0 Å². The van der Waals surface area contributed by atoms with Crippen molar-refractivity contribution in [2.75, 3.05) is 6.54 Å². The van der Waals surface area contributed by atoms with Gasteiger partial charge in [-0.2, -0.15) is 0 Å². The van der Waals surface area contributed by atoms with Crippen molar-refractivity contribution in [2.24, 2.45) is 28.9 Å². The second-order valence-corrected chi connectivity index (χ2v) is 10.8. The lowest BCUT2D eigenvalue weighted by Gasteiger charge is -2.63. The van der Waals surface area contributed by atoms with E-state index in [2.05, 4.69) is 10.2 Å². The first-order valence-corrected chi connectivity index (χ1v) is 11.4. The van der Waals surface area contributed by atoms with Crippen molar-refractivity contribution >= 4 is 11.8 Å². The van der Waals surface area contributed by atoms with Crippen LogP contribution in [0.4, 0.5) is 0 Å². The zero-order valence-corrected chi connectivity index (χ0v) is 17.0. The van der Waals surface area contributed by atoms with Crippen molar-refractivity contribution < 1.29 is 9.59 Å². The number of hydrogen-bond acceptors (Lipinski definition) is 3. The van der Waals surface area contributed by atoms with Crippen molar-refractivity contribution in [1.82, 2.24) is 10.2 Å². The first kappa shape index (κ1) is 17.9. The lowest BCUT2D eigenvalue weighted by Crippen LogP contribution is -2.68. The van der Waals surface area contributed by atoms with Crippen LogP contribution in [0.5, 0.6) is 0 Å². The average molecular weight is 394 g/mol. The summed E-state index contributed by atoms with van der Waals surface area (Å²) in [7, 11) is 0. The molecule has 29 heavy (non-hydrogen) atoms. The molecule has 5 aliphatic carbocycles. The van der Waals surface area contributed by atoms with Gasteiger partial charge in [-0.25, -0.2) is 0 Å². The van der Waals surface area contributed by atoms with E-state index < -0.39 is 6.04 Å². The molecule has 5 heteroatoms. The predicted octanol–water partition coefficient (Wildman–Crippen LogP) is 2.70. The van der Waals surface area contributed by atoms with Crippen LogP contribution < -0.4 is 11.1 Å². The maximum atomic E-state index is 13.4. The van der Waals surface area contributed by atoms with Gasteiger partial charge in [0.25, 0.3) is 5.91 Å². The van der Waals surface area contributed by atoms with Crippen molar-refractivity contribution in [3.8, 4) is 0 Å². The number of piperidine rings is 1. The van der Waals surface area contributed by atoms with Gasteiger partial charge >= 0.3 is 0 Å². The summed E-state index contributed by atoms with van der Waals surface area (Å²) in [6.45, 7) is 0.890. The Bertz CT molecular complexity index is 839. The van der Waals surface area contributed by atoms with E-state index in [9.17, 15) is 9.59 Å². The standard InChI is InChI=1S/C24H31N3O2/c25-20(22(29)27-7-6-18-9-19(18)27)23-10-15-8-16(11-23)13-24(12-15,14-23)26-21(28)17-4-2-1-3-5-17/h1-5,15-16,18-20H,6-14,25H2,(H,26,28)/t15?,16?,18?,19?,20-,23?,24?/m1/s1.